The van der Waals surface area contributed by atoms with E-state index in [2.05, 4.69) is 5.32 Å². The van der Waals surface area contributed by atoms with Crippen LogP contribution in [0, 0.1) is 5.92 Å². The molecule has 1 unspecified atom stereocenters. The summed E-state index contributed by atoms with van der Waals surface area (Å²) in [6.07, 6.45) is -0.119. The lowest BCUT2D eigenvalue weighted by Crippen LogP contribution is -2.46. The highest BCUT2D eigenvalue weighted by Crippen LogP contribution is 2.27. The maximum atomic E-state index is 12.5. The number of esters is 1. The van der Waals surface area contributed by atoms with Crippen LogP contribution in [0.15, 0.2) is 35.4 Å². The molecule has 0 saturated carbocycles. The van der Waals surface area contributed by atoms with Crippen molar-refractivity contribution in [2.24, 2.45) is 11.0 Å². The molecule has 0 aromatic heterocycles. The Morgan fingerprint density at radius 1 is 1.25 bits per heavy atom. The molecule has 2 rings (SSSR count). The number of nitrogens with zero attached hydrogens (tertiary/aromatic N) is 2. The van der Waals surface area contributed by atoms with Gasteiger partial charge in [-0.2, -0.15) is 5.10 Å². The zero-order valence-corrected chi connectivity index (χ0v) is 17.6. The van der Waals surface area contributed by atoms with Gasteiger partial charge in [-0.25, -0.2) is 9.59 Å². The summed E-state index contributed by atoms with van der Waals surface area (Å²) in [6.45, 7) is 11.5. The van der Waals surface area contributed by atoms with Crippen LogP contribution in [-0.4, -0.2) is 42.1 Å². The number of hydrazone groups is 1. The third-order valence-electron chi connectivity index (χ3n) is 4.21. The Morgan fingerprint density at radius 3 is 2.43 bits per heavy atom. The van der Waals surface area contributed by atoms with Gasteiger partial charge < -0.3 is 14.8 Å². The number of hydrogen-bond donors (Lipinski definition) is 1. The molecule has 0 fully saturated rings. The van der Waals surface area contributed by atoms with Crippen LogP contribution in [0.1, 0.15) is 48.0 Å². The van der Waals surface area contributed by atoms with Crippen molar-refractivity contribution in [3.05, 3.63) is 30.3 Å². The first-order valence-corrected chi connectivity index (χ1v) is 9.70. The summed E-state index contributed by atoms with van der Waals surface area (Å²) in [7, 11) is 0. The van der Waals surface area contributed by atoms with Crippen LogP contribution < -0.4 is 10.3 Å². The van der Waals surface area contributed by atoms with Crippen molar-refractivity contribution in [2.75, 3.05) is 11.6 Å². The third-order valence-corrected chi connectivity index (χ3v) is 4.21. The van der Waals surface area contributed by atoms with E-state index in [1.807, 2.05) is 65.0 Å². The van der Waals surface area contributed by atoms with Gasteiger partial charge in [-0.15, -0.1) is 0 Å². The van der Waals surface area contributed by atoms with E-state index in [1.165, 1.54) is 0 Å². The van der Waals surface area contributed by atoms with Crippen molar-refractivity contribution in [1.82, 2.24) is 5.32 Å². The number of carbonyl (C=O) groups is 2. The average molecular weight is 389 g/mol. The molecule has 1 N–H and O–H groups in total. The molecule has 1 aromatic rings. The smallest absolute Gasteiger partial charge is 0.408 e. The molecule has 1 aliphatic heterocycles. The molecule has 1 amide bonds. The van der Waals surface area contributed by atoms with E-state index in [9.17, 15) is 9.59 Å². The lowest BCUT2D eigenvalue weighted by atomic mass is 9.95. The van der Waals surface area contributed by atoms with E-state index < -0.39 is 17.7 Å². The Morgan fingerprint density at radius 2 is 1.89 bits per heavy atom. The highest BCUT2D eigenvalue weighted by Gasteiger charge is 2.39. The minimum Gasteiger partial charge on any atom is -0.464 e. The Hall–Kier alpha value is -2.57. The van der Waals surface area contributed by atoms with E-state index >= 15 is 0 Å². The lowest BCUT2D eigenvalue weighted by molar-refractivity contribution is -0.144. The number of rotatable bonds is 6. The molecule has 0 spiro atoms. The van der Waals surface area contributed by atoms with Crippen molar-refractivity contribution < 1.29 is 19.1 Å². The van der Waals surface area contributed by atoms with Crippen LogP contribution in [0.5, 0.6) is 0 Å². The van der Waals surface area contributed by atoms with Crippen LogP contribution >= 0.6 is 0 Å². The second-order valence-electron chi connectivity index (χ2n) is 8.11. The Kier molecular flexibility index (Phi) is 7.05. The van der Waals surface area contributed by atoms with Crippen LogP contribution in [0.3, 0.4) is 0 Å². The van der Waals surface area contributed by atoms with Gasteiger partial charge in [-0.1, -0.05) is 32.0 Å². The quantitative estimate of drug-likeness (QED) is 0.750. The molecule has 154 valence electrons. The fraction of sp³-hybridized carbons (Fsp3) is 0.571. The number of carbonyl (C=O) groups excluding carboxylic acids is 2. The first kappa shape index (κ1) is 21.7. The summed E-state index contributed by atoms with van der Waals surface area (Å²) in [5.74, 6) is -0.255. The van der Waals surface area contributed by atoms with Gasteiger partial charge in [-0.3, -0.25) is 5.01 Å². The number of anilines is 1. The van der Waals surface area contributed by atoms with Crippen LogP contribution in [0.2, 0.25) is 0 Å². The summed E-state index contributed by atoms with van der Waals surface area (Å²) in [5, 5.41) is 9.28. The number of ether oxygens (including phenoxy) is 2. The molecule has 0 radical (unpaired) electrons. The summed E-state index contributed by atoms with van der Waals surface area (Å²) in [6, 6.07) is 8.58. The van der Waals surface area contributed by atoms with Gasteiger partial charge >= 0.3 is 12.1 Å². The van der Waals surface area contributed by atoms with Gasteiger partial charge in [0, 0.05) is 6.42 Å². The molecule has 1 aliphatic rings. The first-order valence-electron chi connectivity index (χ1n) is 9.70. The Balaban J connectivity index is 2.28. The molecule has 28 heavy (non-hydrogen) atoms. The molecule has 0 saturated heterocycles. The van der Waals surface area contributed by atoms with Gasteiger partial charge in [-0.05, 0) is 45.7 Å². The number of hydrogen-bond acceptors (Lipinski definition) is 6. The highest BCUT2D eigenvalue weighted by atomic mass is 16.6. The maximum Gasteiger partial charge on any atom is 0.408 e. The number of para-hydroxylation sites is 1. The minimum absolute atomic E-state index is 0.0739. The molecular formula is C21H31N3O4. The molecule has 7 heteroatoms. The van der Waals surface area contributed by atoms with Crippen LogP contribution in [-0.2, 0) is 14.3 Å². The van der Waals surface area contributed by atoms with Crippen molar-refractivity contribution in [3.8, 4) is 0 Å². The molecule has 7 nitrogen and oxygen atoms in total. The molecular weight excluding hydrogens is 358 g/mol. The predicted octanol–water partition coefficient (Wildman–Crippen LogP) is 3.73. The van der Waals surface area contributed by atoms with Gasteiger partial charge in [0.1, 0.15) is 5.60 Å². The summed E-state index contributed by atoms with van der Waals surface area (Å²) >= 11 is 0. The van der Waals surface area contributed by atoms with Gasteiger partial charge in [0.2, 0.25) is 0 Å². The maximum absolute atomic E-state index is 12.5. The third kappa shape index (κ3) is 5.71. The van der Waals surface area contributed by atoms with Crippen molar-refractivity contribution in [3.63, 3.8) is 0 Å². The van der Waals surface area contributed by atoms with Crippen LogP contribution in [0.4, 0.5) is 10.5 Å². The highest BCUT2D eigenvalue weighted by molar-refractivity contribution is 6.00. The summed E-state index contributed by atoms with van der Waals surface area (Å²) in [5.41, 5.74) is 0.935. The zero-order chi connectivity index (χ0) is 20.9. The summed E-state index contributed by atoms with van der Waals surface area (Å²) < 4.78 is 10.6. The zero-order valence-electron chi connectivity index (χ0n) is 17.6. The second kappa shape index (κ2) is 9.08. The predicted molar refractivity (Wildman–Crippen MR) is 109 cm³/mol. The monoisotopic (exact) mass is 389 g/mol. The SMILES string of the molecule is CCOC(=O)C1CC([C@@H](NC(=O)OC(C)(C)C)C(C)C)=NN1c1ccccc1. The van der Waals surface area contributed by atoms with E-state index in [0.29, 0.717) is 13.0 Å². The van der Waals surface area contributed by atoms with Crippen molar-refractivity contribution >= 4 is 23.5 Å². The largest absolute Gasteiger partial charge is 0.464 e. The molecule has 0 bridgehead atoms. The number of amides is 1. The second-order valence-corrected chi connectivity index (χ2v) is 8.11. The fourth-order valence-corrected chi connectivity index (χ4v) is 3.03. The van der Waals surface area contributed by atoms with Gasteiger partial charge in [0.05, 0.1) is 24.0 Å². The average Bonchev–Trinajstić information content (AvgIpc) is 3.04. The fourth-order valence-electron chi connectivity index (χ4n) is 3.03. The number of benzene rings is 1. The number of nitrogens with one attached hydrogen (secondary N) is 1. The van der Waals surface area contributed by atoms with E-state index in [0.717, 1.165) is 11.4 Å². The minimum atomic E-state index is -0.591. The van der Waals surface area contributed by atoms with Crippen molar-refractivity contribution in [2.45, 2.75) is 65.6 Å². The van der Waals surface area contributed by atoms with E-state index in [-0.39, 0.29) is 17.9 Å². The van der Waals surface area contributed by atoms with E-state index in [1.54, 1.807) is 11.9 Å². The van der Waals surface area contributed by atoms with E-state index in [4.69, 9.17) is 14.6 Å². The first-order chi connectivity index (χ1) is 13.1. The van der Waals surface area contributed by atoms with Crippen molar-refractivity contribution in [1.29, 1.82) is 0 Å². The molecule has 1 aromatic carbocycles. The Labute approximate surface area is 167 Å². The normalized spacial score (nSPS) is 17.9. The number of alkyl carbamates (subject to hydrolysis) is 1. The molecule has 1 heterocycles. The Bertz CT molecular complexity index is 710. The topological polar surface area (TPSA) is 80.2 Å². The molecule has 0 aliphatic carbocycles. The standard InChI is InChI=1S/C21H31N3O4/c1-7-27-19(25)17-13-16(23-24(17)15-11-9-8-10-12-15)18(14(2)3)22-20(26)28-21(4,5)6/h8-12,14,17-18H,7,13H2,1-6H3,(H,22,26)/t17?,18-/m0/s1. The van der Waals surface area contributed by atoms with Crippen LogP contribution in [0.25, 0.3) is 0 Å². The van der Waals surface area contributed by atoms with Gasteiger partial charge in [0.15, 0.2) is 6.04 Å². The molecule has 2 atom stereocenters. The summed E-state index contributed by atoms with van der Waals surface area (Å²) in [4.78, 5) is 24.8. The van der Waals surface area contributed by atoms with Gasteiger partial charge in [0.25, 0.3) is 0 Å². The lowest BCUT2D eigenvalue weighted by Gasteiger charge is -2.25.